The maximum atomic E-state index is 12.5. The van der Waals surface area contributed by atoms with E-state index in [-0.39, 0.29) is 24.3 Å². The number of carbonyl (C=O) groups is 1. The summed E-state index contributed by atoms with van der Waals surface area (Å²) in [4.78, 5) is 18.6. The van der Waals surface area contributed by atoms with Crippen LogP contribution in [-0.2, 0) is 0 Å². The van der Waals surface area contributed by atoms with Crippen LogP contribution in [0.1, 0.15) is 44.3 Å². The molecular formula is C13H24N4O2S. The summed E-state index contributed by atoms with van der Waals surface area (Å²) >= 11 is 1.25. The van der Waals surface area contributed by atoms with Gasteiger partial charge in [-0.25, -0.2) is 4.98 Å². The fraction of sp³-hybridized carbons (Fsp3) is 0.692. The number of amides is 1. The van der Waals surface area contributed by atoms with Crippen molar-refractivity contribution in [2.75, 3.05) is 24.1 Å². The maximum Gasteiger partial charge on any atom is 0.267 e. The van der Waals surface area contributed by atoms with E-state index in [2.05, 4.69) is 10.3 Å². The van der Waals surface area contributed by atoms with Crippen LogP contribution in [0.3, 0.4) is 0 Å². The Kier molecular flexibility index (Phi) is 5.35. The molecule has 0 radical (unpaired) electrons. The molecule has 0 aliphatic carbocycles. The van der Waals surface area contributed by atoms with Crippen molar-refractivity contribution in [1.29, 1.82) is 0 Å². The van der Waals surface area contributed by atoms with Gasteiger partial charge >= 0.3 is 0 Å². The first-order valence-corrected chi connectivity index (χ1v) is 7.50. The van der Waals surface area contributed by atoms with Gasteiger partial charge in [0, 0.05) is 19.1 Å². The molecular weight excluding hydrogens is 276 g/mol. The number of nitrogens with two attached hydrogens (primary N) is 1. The smallest absolute Gasteiger partial charge is 0.267 e. The van der Waals surface area contributed by atoms with E-state index in [0.29, 0.717) is 16.6 Å². The summed E-state index contributed by atoms with van der Waals surface area (Å²) < 4.78 is 0. The molecule has 114 valence electrons. The summed E-state index contributed by atoms with van der Waals surface area (Å²) in [6.07, 6.45) is 0. The number of rotatable bonds is 6. The molecule has 0 bridgehead atoms. The van der Waals surface area contributed by atoms with E-state index in [1.54, 1.807) is 18.7 Å². The third kappa shape index (κ3) is 4.64. The summed E-state index contributed by atoms with van der Waals surface area (Å²) in [6.45, 7) is 9.96. The van der Waals surface area contributed by atoms with Gasteiger partial charge in [-0.1, -0.05) is 11.3 Å². The van der Waals surface area contributed by atoms with Crippen LogP contribution < -0.4 is 11.1 Å². The van der Waals surface area contributed by atoms with Crippen molar-refractivity contribution in [3.63, 3.8) is 0 Å². The fourth-order valence-electron chi connectivity index (χ4n) is 1.73. The molecule has 0 aliphatic heterocycles. The van der Waals surface area contributed by atoms with Crippen molar-refractivity contribution in [3.05, 3.63) is 4.88 Å². The second-order valence-corrected chi connectivity index (χ2v) is 6.66. The van der Waals surface area contributed by atoms with Gasteiger partial charge in [0.05, 0.1) is 5.60 Å². The number of nitrogen functional groups attached to an aromatic ring is 1. The predicted molar refractivity (Wildman–Crippen MR) is 83.2 cm³/mol. The van der Waals surface area contributed by atoms with Crippen LogP contribution in [0.4, 0.5) is 10.9 Å². The van der Waals surface area contributed by atoms with Gasteiger partial charge in [-0.15, -0.1) is 0 Å². The van der Waals surface area contributed by atoms with Crippen molar-refractivity contribution in [2.24, 2.45) is 0 Å². The van der Waals surface area contributed by atoms with Crippen molar-refractivity contribution in [3.8, 4) is 0 Å². The molecule has 1 heterocycles. The topological polar surface area (TPSA) is 91.5 Å². The van der Waals surface area contributed by atoms with Gasteiger partial charge in [0.15, 0.2) is 5.13 Å². The van der Waals surface area contributed by atoms with E-state index in [9.17, 15) is 9.90 Å². The zero-order valence-electron chi connectivity index (χ0n) is 12.7. The van der Waals surface area contributed by atoms with E-state index in [4.69, 9.17) is 5.73 Å². The summed E-state index contributed by atoms with van der Waals surface area (Å²) in [6, 6.07) is 0.224. The van der Waals surface area contributed by atoms with Crippen LogP contribution >= 0.6 is 11.3 Å². The van der Waals surface area contributed by atoms with Crippen LogP contribution in [0.15, 0.2) is 0 Å². The molecule has 20 heavy (non-hydrogen) atoms. The van der Waals surface area contributed by atoms with Gasteiger partial charge in [-0.05, 0) is 34.6 Å². The highest BCUT2D eigenvalue weighted by Crippen LogP contribution is 2.27. The van der Waals surface area contributed by atoms with Crippen LogP contribution in [0.2, 0.25) is 0 Å². The molecule has 0 fully saturated rings. The SMILES string of the molecule is CCN(CC(C)(C)O)C(=O)c1sc(NC(C)C)nc1N. The largest absolute Gasteiger partial charge is 0.389 e. The third-order valence-corrected chi connectivity index (χ3v) is 3.50. The molecule has 4 N–H and O–H groups in total. The first-order valence-electron chi connectivity index (χ1n) is 6.68. The lowest BCUT2D eigenvalue weighted by atomic mass is 10.1. The molecule has 0 aromatic carbocycles. The van der Waals surface area contributed by atoms with Crippen molar-refractivity contribution in [1.82, 2.24) is 9.88 Å². The summed E-state index contributed by atoms with van der Waals surface area (Å²) in [5.74, 6) is 0.0405. The minimum absolute atomic E-state index is 0.193. The number of aliphatic hydroxyl groups is 1. The Balaban J connectivity index is 2.92. The number of hydrogen-bond donors (Lipinski definition) is 3. The number of nitrogens with one attached hydrogen (secondary N) is 1. The Morgan fingerprint density at radius 1 is 1.55 bits per heavy atom. The highest BCUT2D eigenvalue weighted by Gasteiger charge is 2.25. The lowest BCUT2D eigenvalue weighted by molar-refractivity contribution is 0.0317. The second kappa shape index (κ2) is 6.41. The quantitative estimate of drug-likeness (QED) is 0.745. The van der Waals surface area contributed by atoms with Gasteiger partial charge in [0.1, 0.15) is 10.7 Å². The van der Waals surface area contributed by atoms with Crippen LogP contribution in [-0.4, -0.2) is 45.6 Å². The standard InChI is InChI=1S/C13H24N4O2S/c1-6-17(7-13(4,5)19)11(18)9-10(14)16-12(20-9)15-8(2)3/h8,19H,6-7,14H2,1-5H3,(H,15,16). The average Bonchev–Trinajstić information content (AvgIpc) is 2.64. The molecule has 0 unspecified atom stereocenters. The zero-order chi connectivity index (χ0) is 15.5. The molecule has 1 amide bonds. The lowest BCUT2D eigenvalue weighted by Gasteiger charge is -2.27. The number of anilines is 2. The van der Waals surface area contributed by atoms with Crippen LogP contribution in [0.5, 0.6) is 0 Å². The lowest BCUT2D eigenvalue weighted by Crippen LogP contribution is -2.42. The van der Waals surface area contributed by atoms with Gasteiger partial charge in [0.25, 0.3) is 5.91 Å². The minimum Gasteiger partial charge on any atom is -0.389 e. The Labute approximate surface area is 124 Å². The molecule has 0 spiro atoms. The molecule has 1 aromatic heterocycles. The Morgan fingerprint density at radius 3 is 2.60 bits per heavy atom. The van der Waals surface area contributed by atoms with E-state index >= 15 is 0 Å². The monoisotopic (exact) mass is 300 g/mol. The van der Waals surface area contributed by atoms with Gasteiger partial charge < -0.3 is 21.1 Å². The zero-order valence-corrected chi connectivity index (χ0v) is 13.5. The molecule has 0 saturated heterocycles. The van der Waals surface area contributed by atoms with E-state index in [1.807, 2.05) is 20.8 Å². The predicted octanol–water partition coefficient (Wildman–Crippen LogP) is 1.78. The summed E-state index contributed by atoms with van der Waals surface area (Å²) in [7, 11) is 0. The Bertz CT molecular complexity index is 465. The number of carbonyl (C=O) groups excluding carboxylic acids is 1. The van der Waals surface area contributed by atoms with Gasteiger partial charge in [0.2, 0.25) is 0 Å². The molecule has 7 heteroatoms. The van der Waals surface area contributed by atoms with Crippen molar-refractivity contribution >= 4 is 28.2 Å². The highest BCUT2D eigenvalue weighted by atomic mass is 32.1. The Hall–Kier alpha value is -1.34. The van der Waals surface area contributed by atoms with Crippen LogP contribution in [0, 0.1) is 0 Å². The van der Waals surface area contributed by atoms with Crippen molar-refractivity contribution < 1.29 is 9.90 Å². The molecule has 1 rings (SSSR count). The first-order chi connectivity index (χ1) is 9.14. The number of hydrogen-bond acceptors (Lipinski definition) is 6. The summed E-state index contributed by atoms with van der Waals surface area (Å²) in [5, 5.41) is 13.6. The van der Waals surface area contributed by atoms with E-state index in [1.165, 1.54) is 11.3 Å². The van der Waals surface area contributed by atoms with Gasteiger partial charge in [-0.2, -0.15) is 0 Å². The summed E-state index contributed by atoms with van der Waals surface area (Å²) in [5.41, 5.74) is 4.88. The molecule has 0 aliphatic rings. The molecule has 0 saturated carbocycles. The Morgan fingerprint density at radius 2 is 2.15 bits per heavy atom. The first kappa shape index (κ1) is 16.7. The number of thiazole rings is 1. The molecule has 0 atom stereocenters. The normalized spacial score (nSPS) is 11.8. The third-order valence-electron chi connectivity index (χ3n) is 2.51. The fourth-order valence-corrected chi connectivity index (χ4v) is 2.73. The average molecular weight is 300 g/mol. The van der Waals surface area contributed by atoms with E-state index < -0.39 is 5.60 Å². The molecule has 6 nitrogen and oxygen atoms in total. The molecule has 1 aromatic rings. The number of aromatic nitrogens is 1. The maximum absolute atomic E-state index is 12.5. The number of nitrogens with zero attached hydrogens (tertiary/aromatic N) is 2. The van der Waals surface area contributed by atoms with Crippen LogP contribution in [0.25, 0.3) is 0 Å². The van der Waals surface area contributed by atoms with Gasteiger partial charge in [-0.3, -0.25) is 4.79 Å². The highest BCUT2D eigenvalue weighted by molar-refractivity contribution is 7.18. The number of likely N-dealkylation sites (N-methyl/N-ethyl adjacent to an activating group) is 1. The van der Waals surface area contributed by atoms with Crippen molar-refractivity contribution in [2.45, 2.75) is 46.3 Å². The second-order valence-electron chi connectivity index (χ2n) is 5.66. The minimum atomic E-state index is -0.940. The van der Waals surface area contributed by atoms with E-state index in [0.717, 1.165) is 0 Å².